The number of thiophene rings is 1. The lowest BCUT2D eigenvalue weighted by Gasteiger charge is -2.27. The number of para-hydroxylation sites is 1. The van der Waals surface area contributed by atoms with Crippen molar-refractivity contribution in [2.45, 2.75) is 12.3 Å². The molecule has 1 aromatic carbocycles. The van der Waals surface area contributed by atoms with Crippen LogP contribution >= 0.6 is 11.3 Å². The zero-order valence-electron chi connectivity index (χ0n) is 14.2. The van der Waals surface area contributed by atoms with E-state index in [2.05, 4.69) is 17.0 Å². The van der Waals surface area contributed by atoms with E-state index in [0.717, 1.165) is 26.7 Å². The van der Waals surface area contributed by atoms with E-state index in [1.54, 1.807) is 23.3 Å². The number of ether oxygens (including phenoxy) is 1. The largest absolute Gasteiger partial charge is 0.469 e. The van der Waals surface area contributed by atoms with Crippen LogP contribution < -0.4 is 9.80 Å². The molecule has 6 heteroatoms. The molecule has 1 amide bonds. The molecule has 126 valence electrons. The Morgan fingerprint density at radius 2 is 2.04 bits per heavy atom. The van der Waals surface area contributed by atoms with Gasteiger partial charge >= 0.3 is 5.97 Å². The van der Waals surface area contributed by atoms with Crippen LogP contribution in [0.15, 0.2) is 30.3 Å². The predicted octanol–water partition coefficient (Wildman–Crippen LogP) is 3.10. The maximum absolute atomic E-state index is 12.2. The second kappa shape index (κ2) is 6.28. The van der Waals surface area contributed by atoms with Crippen LogP contribution in [-0.2, 0) is 14.3 Å². The van der Waals surface area contributed by atoms with Crippen LogP contribution in [0.4, 0.5) is 11.4 Å². The van der Waals surface area contributed by atoms with Gasteiger partial charge in [0, 0.05) is 48.6 Å². The van der Waals surface area contributed by atoms with Gasteiger partial charge in [-0.15, -0.1) is 11.3 Å². The summed E-state index contributed by atoms with van der Waals surface area (Å²) in [5.74, 6) is -0.936. The quantitative estimate of drug-likeness (QED) is 0.803. The van der Waals surface area contributed by atoms with E-state index in [-0.39, 0.29) is 18.3 Å². The third kappa shape index (κ3) is 2.67. The number of esters is 1. The van der Waals surface area contributed by atoms with Gasteiger partial charge in [-0.2, -0.15) is 0 Å². The summed E-state index contributed by atoms with van der Waals surface area (Å²) in [6, 6.07) is 10.1. The number of amides is 1. The molecule has 1 aromatic heterocycles. The molecule has 5 nitrogen and oxygen atoms in total. The first-order chi connectivity index (χ1) is 11.4. The van der Waals surface area contributed by atoms with E-state index in [1.165, 1.54) is 7.11 Å². The van der Waals surface area contributed by atoms with E-state index >= 15 is 0 Å². The van der Waals surface area contributed by atoms with Crippen LogP contribution in [0.25, 0.3) is 10.4 Å². The monoisotopic (exact) mass is 344 g/mol. The van der Waals surface area contributed by atoms with E-state index in [1.807, 2.05) is 32.3 Å². The Kier molecular flexibility index (Phi) is 4.32. The second-order valence-electron chi connectivity index (χ2n) is 6.00. The Hall–Kier alpha value is -2.34. The minimum absolute atomic E-state index is 0.0665. The Morgan fingerprint density at radius 1 is 1.33 bits per heavy atom. The van der Waals surface area contributed by atoms with Gasteiger partial charge in [0.25, 0.3) is 0 Å². The molecule has 1 unspecified atom stereocenters. The predicted molar refractivity (Wildman–Crippen MR) is 96.9 cm³/mol. The Balaban J connectivity index is 2.14. The molecule has 0 aliphatic carbocycles. The molecule has 1 atom stereocenters. The number of methoxy groups -OCH3 is 1. The highest BCUT2D eigenvalue weighted by Crippen LogP contribution is 2.46. The van der Waals surface area contributed by atoms with Crippen LogP contribution in [0.1, 0.15) is 17.2 Å². The van der Waals surface area contributed by atoms with Gasteiger partial charge in [0.2, 0.25) is 5.91 Å². The average molecular weight is 344 g/mol. The van der Waals surface area contributed by atoms with Gasteiger partial charge < -0.3 is 14.5 Å². The first-order valence-electron chi connectivity index (χ1n) is 7.69. The van der Waals surface area contributed by atoms with E-state index < -0.39 is 5.92 Å². The molecule has 24 heavy (non-hydrogen) atoms. The van der Waals surface area contributed by atoms with Gasteiger partial charge in [-0.1, -0.05) is 18.2 Å². The summed E-state index contributed by atoms with van der Waals surface area (Å²) in [4.78, 5) is 30.0. The molecule has 0 N–H and O–H groups in total. The molecule has 0 fully saturated rings. The van der Waals surface area contributed by atoms with Crippen LogP contribution in [0.2, 0.25) is 0 Å². The number of hydrogen-bond acceptors (Lipinski definition) is 5. The fraction of sp³-hybridized carbons (Fsp3) is 0.333. The summed E-state index contributed by atoms with van der Waals surface area (Å²) in [7, 11) is 7.11. The van der Waals surface area contributed by atoms with Crippen LogP contribution in [0.3, 0.4) is 0 Å². The highest BCUT2D eigenvalue weighted by Gasteiger charge is 2.36. The summed E-state index contributed by atoms with van der Waals surface area (Å²) >= 11 is 1.56. The molecule has 1 aliphatic rings. The van der Waals surface area contributed by atoms with Crippen molar-refractivity contribution in [2.24, 2.45) is 0 Å². The smallest absolute Gasteiger partial charge is 0.314 e. The lowest BCUT2D eigenvalue weighted by Crippen LogP contribution is -2.34. The summed E-state index contributed by atoms with van der Waals surface area (Å²) < 4.78 is 4.90. The van der Waals surface area contributed by atoms with Gasteiger partial charge in [-0.3, -0.25) is 9.59 Å². The normalized spacial score (nSPS) is 16.8. The van der Waals surface area contributed by atoms with Crippen molar-refractivity contribution in [1.29, 1.82) is 0 Å². The topological polar surface area (TPSA) is 49.9 Å². The zero-order valence-corrected chi connectivity index (χ0v) is 15.0. The number of carbonyl (C=O) groups is 2. The third-order valence-corrected chi connectivity index (χ3v) is 5.58. The van der Waals surface area contributed by atoms with Gasteiger partial charge in [0.15, 0.2) is 0 Å². The molecule has 0 bridgehead atoms. The molecular formula is C18H20N2O3S. The number of fused-ring (bicyclic) bond motifs is 1. The molecule has 0 saturated carbocycles. The minimum atomic E-state index is -0.515. The molecule has 2 heterocycles. The van der Waals surface area contributed by atoms with Crippen molar-refractivity contribution in [3.05, 3.63) is 35.2 Å². The molecular weight excluding hydrogens is 324 g/mol. The summed E-state index contributed by atoms with van der Waals surface area (Å²) in [5.41, 5.74) is 2.99. The van der Waals surface area contributed by atoms with E-state index in [0.29, 0.717) is 0 Å². The lowest BCUT2D eigenvalue weighted by molar-refractivity contribution is -0.144. The Labute approximate surface area is 145 Å². The number of carbonyl (C=O) groups excluding carboxylic acids is 2. The maximum atomic E-state index is 12.2. The molecule has 0 saturated heterocycles. The molecule has 0 spiro atoms. The molecule has 0 radical (unpaired) electrons. The first-order valence-corrected chi connectivity index (χ1v) is 8.50. The first kappa shape index (κ1) is 16.5. The number of benzene rings is 1. The highest BCUT2D eigenvalue weighted by molar-refractivity contribution is 7.16. The summed E-state index contributed by atoms with van der Waals surface area (Å²) in [6.45, 7) is 0. The van der Waals surface area contributed by atoms with Crippen LogP contribution in [0.5, 0.6) is 0 Å². The Morgan fingerprint density at radius 3 is 2.71 bits per heavy atom. The summed E-state index contributed by atoms with van der Waals surface area (Å²) in [5, 5.41) is 0. The van der Waals surface area contributed by atoms with Crippen molar-refractivity contribution in [2.75, 3.05) is 38.1 Å². The zero-order chi connectivity index (χ0) is 17.4. The average Bonchev–Trinajstić information content (AvgIpc) is 3.02. The van der Waals surface area contributed by atoms with Gasteiger partial charge in [-0.25, -0.2) is 0 Å². The summed E-state index contributed by atoms with van der Waals surface area (Å²) in [6.07, 6.45) is 0.158. The van der Waals surface area contributed by atoms with Gasteiger partial charge in [0.05, 0.1) is 12.8 Å². The van der Waals surface area contributed by atoms with Crippen molar-refractivity contribution in [1.82, 2.24) is 0 Å². The van der Waals surface area contributed by atoms with Crippen molar-refractivity contribution in [3.63, 3.8) is 0 Å². The maximum Gasteiger partial charge on any atom is 0.314 e. The number of nitrogens with zero attached hydrogens (tertiary/aromatic N) is 2. The van der Waals surface area contributed by atoms with E-state index in [9.17, 15) is 9.59 Å². The third-order valence-electron chi connectivity index (χ3n) is 4.31. The second-order valence-corrected chi connectivity index (χ2v) is 7.09. The van der Waals surface area contributed by atoms with Gasteiger partial charge in [0.1, 0.15) is 5.92 Å². The minimum Gasteiger partial charge on any atom is -0.469 e. The molecule has 3 rings (SSSR count). The highest BCUT2D eigenvalue weighted by atomic mass is 32.1. The van der Waals surface area contributed by atoms with E-state index in [4.69, 9.17) is 4.74 Å². The number of hydrogen-bond donors (Lipinski definition) is 0. The van der Waals surface area contributed by atoms with Crippen LogP contribution in [0, 0.1) is 0 Å². The standard InChI is InChI=1S/C18H20N2O3S/c1-19(2)13-8-6-5-7-11(13)15-10-14-17(24-15)12(18(22)23-4)9-16(21)20(14)3/h5-8,10,12H,9H2,1-4H3. The molecule has 2 aromatic rings. The lowest BCUT2D eigenvalue weighted by atomic mass is 9.97. The molecule has 1 aliphatic heterocycles. The van der Waals surface area contributed by atoms with Crippen LogP contribution in [-0.4, -0.2) is 40.1 Å². The van der Waals surface area contributed by atoms with Crippen molar-refractivity contribution in [3.8, 4) is 10.4 Å². The fourth-order valence-corrected chi connectivity index (χ4v) is 4.30. The Bertz CT molecular complexity index is 797. The van der Waals surface area contributed by atoms with Crippen molar-refractivity contribution >= 4 is 34.6 Å². The fourth-order valence-electron chi connectivity index (χ4n) is 2.98. The number of anilines is 2. The van der Waals surface area contributed by atoms with Gasteiger partial charge in [-0.05, 0) is 12.1 Å². The SMILES string of the molecule is COC(=O)C1CC(=O)N(C)c2cc(-c3ccccc3N(C)C)sc21. The van der Waals surface area contributed by atoms with Crippen molar-refractivity contribution < 1.29 is 14.3 Å². The number of rotatable bonds is 3.